The number of aryl methyl sites for hydroxylation is 1. The van der Waals surface area contributed by atoms with Gasteiger partial charge in [0, 0.05) is 12.5 Å². The normalized spacial score (nSPS) is 22.3. The molecular weight excluding hydrogens is 258 g/mol. The predicted molar refractivity (Wildman–Crippen MR) is 72.7 cm³/mol. The van der Waals surface area contributed by atoms with Crippen LogP contribution in [0.2, 0.25) is 0 Å². The fraction of sp³-hybridized carbons (Fsp3) is 0.643. The molecule has 20 heavy (non-hydrogen) atoms. The van der Waals surface area contributed by atoms with Crippen LogP contribution in [0.25, 0.3) is 0 Å². The minimum atomic E-state index is -0.354. The molecule has 1 saturated heterocycles. The van der Waals surface area contributed by atoms with E-state index in [9.17, 15) is 14.7 Å². The first-order chi connectivity index (χ1) is 9.61. The number of aromatic nitrogens is 2. The molecule has 1 amide bonds. The van der Waals surface area contributed by atoms with Crippen molar-refractivity contribution in [2.75, 3.05) is 13.2 Å². The fourth-order valence-electron chi connectivity index (χ4n) is 2.85. The lowest BCUT2D eigenvalue weighted by Crippen LogP contribution is -2.41. The Morgan fingerprint density at radius 3 is 2.80 bits per heavy atom. The second-order valence-corrected chi connectivity index (χ2v) is 5.66. The highest BCUT2D eigenvalue weighted by molar-refractivity contribution is 5.95. The lowest BCUT2D eigenvalue weighted by atomic mass is 10.1. The van der Waals surface area contributed by atoms with E-state index in [1.165, 1.54) is 0 Å². The average Bonchev–Trinajstić information content (AvgIpc) is 3.15. The third kappa shape index (κ3) is 2.24. The van der Waals surface area contributed by atoms with Crippen molar-refractivity contribution in [3.63, 3.8) is 0 Å². The number of aliphatic hydroxyl groups is 1. The molecule has 1 aliphatic heterocycles. The summed E-state index contributed by atoms with van der Waals surface area (Å²) in [4.78, 5) is 33.4. The van der Waals surface area contributed by atoms with Crippen molar-refractivity contribution in [1.82, 2.24) is 14.9 Å². The summed E-state index contributed by atoms with van der Waals surface area (Å²) in [6.45, 7) is 2.24. The van der Waals surface area contributed by atoms with E-state index in [4.69, 9.17) is 0 Å². The second kappa shape index (κ2) is 5.01. The SMILES string of the molecule is Cc1nc(C2CC2)[nH]c(=O)c1C(=O)N1CCCC1CO. The molecule has 1 unspecified atom stereocenters. The Kier molecular flexibility index (Phi) is 3.33. The van der Waals surface area contributed by atoms with Crippen molar-refractivity contribution >= 4 is 5.91 Å². The van der Waals surface area contributed by atoms with Crippen LogP contribution in [0.3, 0.4) is 0 Å². The highest BCUT2D eigenvalue weighted by Crippen LogP contribution is 2.37. The first-order valence-corrected chi connectivity index (χ1v) is 7.14. The van der Waals surface area contributed by atoms with Crippen molar-refractivity contribution in [2.24, 2.45) is 0 Å². The van der Waals surface area contributed by atoms with Crippen LogP contribution in [-0.4, -0.2) is 45.1 Å². The first kappa shape index (κ1) is 13.3. The standard InChI is InChI=1S/C14H19N3O3/c1-8-11(13(19)16-12(15-8)9-4-5-9)14(20)17-6-2-3-10(17)7-18/h9-10,18H,2-7H2,1H3,(H,15,16,19). The van der Waals surface area contributed by atoms with Gasteiger partial charge >= 0.3 is 0 Å². The van der Waals surface area contributed by atoms with E-state index >= 15 is 0 Å². The molecule has 1 atom stereocenters. The number of H-pyrrole nitrogens is 1. The molecule has 1 aromatic rings. The third-order valence-electron chi connectivity index (χ3n) is 4.15. The van der Waals surface area contributed by atoms with Gasteiger partial charge in [-0.05, 0) is 32.6 Å². The monoisotopic (exact) mass is 277 g/mol. The smallest absolute Gasteiger partial charge is 0.264 e. The molecule has 1 saturated carbocycles. The summed E-state index contributed by atoms with van der Waals surface area (Å²) in [5, 5.41) is 9.30. The molecular formula is C14H19N3O3. The molecule has 0 radical (unpaired) electrons. The van der Waals surface area contributed by atoms with Crippen LogP contribution in [0.1, 0.15) is 53.5 Å². The minimum absolute atomic E-state index is 0.0592. The number of aliphatic hydroxyl groups excluding tert-OH is 1. The Hall–Kier alpha value is -1.69. The van der Waals surface area contributed by atoms with E-state index in [1.807, 2.05) is 0 Å². The lowest BCUT2D eigenvalue weighted by Gasteiger charge is -2.23. The third-order valence-corrected chi connectivity index (χ3v) is 4.15. The Balaban J connectivity index is 1.93. The van der Waals surface area contributed by atoms with Crippen molar-refractivity contribution < 1.29 is 9.90 Å². The predicted octanol–water partition coefficient (Wildman–Crippen LogP) is 0.553. The molecule has 108 valence electrons. The number of likely N-dealkylation sites (tertiary alicyclic amines) is 1. The van der Waals surface area contributed by atoms with Crippen molar-refractivity contribution in [1.29, 1.82) is 0 Å². The zero-order valence-electron chi connectivity index (χ0n) is 11.6. The Bertz CT molecular complexity index is 592. The van der Waals surface area contributed by atoms with Gasteiger partial charge in [0.1, 0.15) is 11.4 Å². The Morgan fingerprint density at radius 2 is 2.20 bits per heavy atom. The largest absolute Gasteiger partial charge is 0.394 e. The summed E-state index contributed by atoms with van der Waals surface area (Å²) in [6.07, 6.45) is 3.75. The summed E-state index contributed by atoms with van der Waals surface area (Å²) < 4.78 is 0. The van der Waals surface area contributed by atoms with Crippen LogP contribution in [0, 0.1) is 6.92 Å². The maximum Gasteiger partial charge on any atom is 0.264 e. The van der Waals surface area contributed by atoms with Crippen LogP contribution in [0.15, 0.2) is 4.79 Å². The topological polar surface area (TPSA) is 86.3 Å². The number of rotatable bonds is 3. The van der Waals surface area contributed by atoms with Gasteiger partial charge in [0.2, 0.25) is 0 Å². The summed E-state index contributed by atoms with van der Waals surface area (Å²) >= 11 is 0. The number of hydrogen-bond acceptors (Lipinski definition) is 4. The van der Waals surface area contributed by atoms with Crippen molar-refractivity contribution in [3.8, 4) is 0 Å². The molecule has 6 heteroatoms. The maximum absolute atomic E-state index is 12.5. The number of carbonyl (C=O) groups excluding carboxylic acids is 1. The van der Waals surface area contributed by atoms with Crippen molar-refractivity contribution in [3.05, 3.63) is 27.4 Å². The molecule has 2 aliphatic rings. The van der Waals surface area contributed by atoms with E-state index in [0.717, 1.165) is 25.7 Å². The summed E-state index contributed by atoms with van der Waals surface area (Å²) in [5.74, 6) is 0.738. The minimum Gasteiger partial charge on any atom is -0.394 e. The quantitative estimate of drug-likeness (QED) is 0.845. The number of carbonyl (C=O) groups is 1. The van der Waals surface area contributed by atoms with Gasteiger partial charge in [-0.3, -0.25) is 9.59 Å². The average molecular weight is 277 g/mol. The molecule has 3 rings (SSSR count). The molecule has 1 aromatic heterocycles. The number of amides is 1. The number of hydrogen-bond donors (Lipinski definition) is 2. The summed E-state index contributed by atoms with van der Waals surface area (Å²) in [6, 6.07) is -0.176. The Morgan fingerprint density at radius 1 is 1.45 bits per heavy atom. The van der Waals surface area contributed by atoms with Gasteiger partial charge in [0.15, 0.2) is 0 Å². The summed E-state index contributed by atoms with van der Waals surface area (Å²) in [7, 11) is 0. The second-order valence-electron chi connectivity index (χ2n) is 5.66. The van der Waals surface area contributed by atoms with Gasteiger partial charge < -0.3 is 15.0 Å². The highest BCUT2D eigenvalue weighted by Gasteiger charge is 2.33. The van der Waals surface area contributed by atoms with Crippen LogP contribution in [0.5, 0.6) is 0 Å². The van der Waals surface area contributed by atoms with Crippen molar-refractivity contribution in [2.45, 2.75) is 44.6 Å². The van der Waals surface area contributed by atoms with E-state index in [2.05, 4.69) is 9.97 Å². The number of nitrogens with zero attached hydrogens (tertiary/aromatic N) is 2. The fourth-order valence-corrected chi connectivity index (χ4v) is 2.85. The molecule has 0 bridgehead atoms. The molecule has 2 fully saturated rings. The van der Waals surface area contributed by atoms with Gasteiger partial charge in [0.25, 0.3) is 11.5 Å². The molecule has 0 spiro atoms. The van der Waals surface area contributed by atoms with E-state index in [1.54, 1.807) is 11.8 Å². The van der Waals surface area contributed by atoms with E-state index in [0.29, 0.717) is 24.0 Å². The van der Waals surface area contributed by atoms with E-state index in [-0.39, 0.29) is 29.7 Å². The number of aromatic amines is 1. The zero-order valence-corrected chi connectivity index (χ0v) is 11.6. The first-order valence-electron chi connectivity index (χ1n) is 7.14. The highest BCUT2D eigenvalue weighted by atomic mass is 16.3. The molecule has 2 N–H and O–H groups in total. The molecule has 1 aliphatic carbocycles. The molecule has 2 heterocycles. The van der Waals surface area contributed by atoms with Crippen LogP contribution in [-0.2, 0) is 0 Å². The van der Waals surface area contributed by atoms with Crippen LogP contribution in [0.4, 0.5) is 0 Å². The van der Waals surface area contributed by atoms with Crippen LogP contribution >= 0.6 is 0 Å². The van der Waals surface area contributed by atoms with Gasteiger partial charge in [-0.25, -0.2) is 4.98 Å². The summed E-state index contributed by atoms with van der Waals surface area (Å²) in [5.41, 5.74) is 0.256. The lowest BCUT2D eigenvalue weighted by molar-refractivity contribution is 0.0674. The molecule has 0 aromatic carbocycles. The zero-order chi connectivity index (χ0) is 14.3. The van der Waals surface area contributed by atoms with Gasteiger partial charge in [0.05, 0.1) is 18.3 Å². The van der Waals surface area contributed by atoms with Crippen LogP contribution < -0.4 is 5.56 Å². The van der Waals surface area contributed by atoms with Gasteiger partial charge in [-0.15, -0.1) is 0 Å². The molecule has 6 nitrogen and oxygen atoms in total. The van der Waals surface area contributed by atoms with E-state index < -0.39 is 0 Å². The van der Waals surface area contributed by atoms with Gasteiger partial charge in [-0.1, -0.05) is 0 Å². The maximum atomic E-state index is 12.5. The van der Waals surface area contributed by atoms with Gasteiger partial charge in [-0.2, -0.15) is 0 Å². The Labute approximate surface area is 116 Å². The number of nitrogens with one attached hydrogen (secondary N) is 1.